The number of carboxylic acids is 1. The SMILES string of the molecule is CSCCNC(=O)N1CC(C(=O)O)c2ccccc21. The van der Waals surface area contributed by atoms with Gasteiger partial charge < -0.3 is 10.4 Å². The Kier molecular flexibility index (Phi) is 4.31. The maximum absolute atomic E-state index is 12.1. The van der Waals surface area contributed by atoms with Gasteiger partial charge in [0.15, 0.2) is 0 Å². The number of fused-ring (bicyclic) bond motifs is 1. The molecule has 1 aliphatic heterocycles. The number of carboxylic acid groups (broad SMARTS) is 1. The number of thioether (sulfide) groups is 1. The molecule has 2 amide bonds. The van der Waals surface area contributed by atoms with Crippen molar-refractivity contribution < 1.29 is 14.7 Å². The molecule has 2 rings (SSSR count). The largest absolute Gasteiger partial charge is 0.481 e. The smallest absolute Gasteiger partial charge is 0.321 e. The minimum Gasteiger partial charge on any atom is -0.481 e. The number of carbonyl (C=O) groups is 2. The molecule has 1 heterocycles. The first-order valence-electron chi connectivity index (χ1n) is 6.01. The van der Waals surface area contributed by atoms with Crippen LogP contribution in [0.2, 0.25) is 0 Å². The molecule has 0 saturated heterocycles. The van der Waals surface area contributed by atoms with Crippen LogP contribution in [0.1, 0.15) is 11.5 Å². The van der Waals surface area contributed by atoms with E-state index >= 15 is 0 Å². The van der Waals surface area contributed by atoms with Crippen LogP contribution in [-0.4, -0.2) is 42.2 Å². The first kappa shape index (κ1) is 13.7. The van der Waals surface area contributed by atoms with E-state index in [1.807, 2.05) is 12.3 Å². The number of nitrogens with one attached hydrogen (secondary N) is 1. The molecule has 19 heavy (non-hydrogen) atoms. The van der Waals surface area contributed by atoms with Crippen LogP contribution in [0.4, 0.5) is 10.5 Å². The van der Waals surface area contributed by atoms with Crippen molar-refractivity contribution >= 4 is 29.4 Å². The zero-order chi connectivity index (χ0) is 13.8. The van der Waals surface area contributed by atoms with Crippen LogP contribution in [-0.2, 0) is 4.79 Å². The van der Waals surface area contributed by atoms with Gasteiger partial charge in [-0.15, -0.1) is 0 Å². The van der Waals surface area contributed by atoms with E-state index in [9.17, 15) is 14.7 Å². The normalized spacial score (nSPS) is 17.1. The van der Waals surface area contributed by atoms with Crippen LogP contribution in [0.3, 0.4) is 0 Å². The molecular formula is C13H16N2O3S. The summed E-state index contributed by atoms with van der Waals surface area (Å²) < 4.78 is 0. The van der Waals surface area contributed by atoms with E-state index in [-0.39, 0.29) is 12.6 Å². The Balaban J connectivity index is 2.15. The highest BCUT2D eigenvalue weighted by atomic mass is 32.2. The summed E-state index contributed by atoms with van der Waals surface area (Å²) in [5.41, 5.74) is 1.39. The molecule has 0 fully saturated rings. The van der Waals surface area contributed by atoms with E-state index in [2.05, 4.69) is 5.32 Å². The summed E-state index contributed by atoms with van der Waals surface area (Å²) in [5, 5.41) is 12.0. The van der Waals surface area contributed by atoms with Crippen LogP contribution in [0.5, 0.6) is 0 Å². The highest BCUT2D eigenvalue weighted by Crippen LogP contribution is 2.36. The van der Waals surface area contributed by atoms with E-state index in [1.54, 1.807) is 30.0 Å². The van der Waals surface area contributed by atoms with Gasteiger partial charge in [0.2, 0.25) is 0 Å². The summed E-state index contributed by atoms with van der Waals surface area (Å²) >= 11 is 1.65. The van der Waals surface area contributed by atoms with Crippen LogP contribution < -0.4 is 10.2 Å². The first-order valence-corrected chi connectivity index (χ1v) is 7.40. The molecule has 0 radical (unpaired) electrons. The third kappa shape index (κ3) is 2.84. The predicted octanol–water partition coefficient (Wildman–Crippen LogP) is 1.75. The number of hydrogen-bond donors (Lipinski definition) is 2. The summed E-state index contributed by atoms with van der Waals surface area (Å²) in [6.07, 6.45) is 1.97. The summed E-state index contributed by atoms with van der Waals surface area (Å²) in [7, 11) is 0. The number of urea groups is 1. The summed E-state index contributed by atoms with van der Waals surface area (Å²) in [4.78, 5) is 24.8. The number of rotatable bonds is 4. The second-order valence-corrected chi connectivity index (χ2v) is 5.27. The zero-order valence-electron chi connectivity index (χ0n) is 10.6. The molecule has 0 aliphatic carbocycles. The van der Waals surface area contributed by atoms with Crippen molar-refractivity contribution in [3.63, 3.8) is 0 Å². The van der Waals surface area contributed by atoms with Gasteiger partial charge in [-0.25, -0.2) is 4.79 Å². The molecule has 2 N–H and O–H groups in total. The lowest BCUT2D eigenvalue weighted by molar-refractivity contribution is -0.138. The van der Waals surface area contributed by atoms with Crippen molar-refractivity contribution in [3.8, 4) is 0 Å². The zero-order valence-corrected chi connectivity index (χ0v) is 11.4. The molecule has 1 aliphatic rings. The summed E-state index contributed by atoms with van der Waals surface area (Å²) in [6, 6.07) is 6.93. The average Bonchev–Trinajstić information content (AvgIpc) is 2.78. The lowest BCUT2D eigenvalue weighted by Crippen LogP contribution is -2.40. The lowest BCUT2D eigenvalue weighted by atomic mass is 10.0. The number of amides is 2. The van der Waals surface area contributed by atoms with Gasteiger partial charge in [-0.1, -0.05) is 18.2 Å². The van der Waals surface area contributed by atoms with Gasteiger partial charge in [0.25, 0.3) is 0 Å². The Hall–Kier alpha value is -1.69. The molecule has 0 bridgehead atoms. The molecule has 0 spiro atoms. The van der Waals surface area contributed by atoms with Crippen molar-refractivity contribution in [2.24, 2.45) is 0 Å². The molecule has 102 valence electrons. The molecule has 1 unspecified atom stereocenters. The third-order valence-corrected chi connectivity index (χ3v) is 3.71. The fourth-order valence-corrected chi connectivity index (χ4v) is 2.47. The lowest BCUT2D eigenvalue weighted by Gasteiger charge is -2.18. The van der Waals surface area contributed by atoms with Gasteiger partial charge in [0.1, 0.15) is 5.92 Å². The van der Waals surface area contributed by atoms with E-state index in [4.69, 9.17) is 0 Å². The quantitative estimate of drug-likeness (QED) is 0.824. The molecule has 1 atom stereocenters. The fourth-order valence-electron chi connectivity index (χ4n) is 2.17. The topological polar surface area (TPSA) is 69.6 Å². The van der Waals surface area contributed by atoms with Gasteiger partial charge in [0, 0.05) is 24.5 Å². The highest BCUT2D eigenvalue weighted by molar-refractivity contribution is 7.98. The van der Waals surface area contributed by atoms with Crippen molar-refractivity contribution in [2.75, 3.05) is 30.0 Å². The van der Waals surface area contributed by atoms with Crippen molar-refractivity contribution in [3.05, 3.63) is 29.8 Å². The Labute approximate surface area is 116 Å². The van der Waals surface area contributed by atoms with Gasteiger partial charge in [-0.05, 0) is 17.9 Å². The monoisotopic (exact) mass is 280 g/mol. The summed E-state index contributed by atoms with van der Waals surface area (Å²) in [5.74, 6) is -0.696. The van der Waals surface area contributed by atoms with Crippen LogP contribution >= 0.6 is 11.8 Å². The third-order valence-electron chi connectivity index (χ3n) is 3.09. The van der Waals surface area contributed by atoms with Crippen molar-refractivity contribution in [1.82, 2.24) is 5.32 Å². The van der Waals surface area contributed by atoms with Crippen LogP contribution in [0.15, 0.2) is 24.3 Å². The standard InChI is InChI=1S/C13H16N2O3S/c1-19-7-6-14-13(18)15-8-10(12(16)17)9-4-2-3-5-11(9)15/h2-5,10H,6-8H2,1H3,(H,14,18)(H,16,17). The Morgan fingerprint density at radius 2 is 2.21 bits per heavy atom. The molecule has 5 nitrogen and oxygen atoms in total. The van der Waals surface area contributed by atoms with Crippen LogP contribution in [0, 0.1) is 0 Å². The Morgan fingerprint density at radius 1 is 1.47 bits per heavy atom. The Morgan fingerprint density at radius 3 is 2.89 bits per heavy atom. The van der Waals surface area contributed by atoms with Crippen LogP contribution in [0.25, 0.3) is 0 Å². The van der Waals surface area contributed by atoms with Crippen molar-refractivity contribution in [2.45, 2.75) is 5.92 Å². The first-order chi connectivity index (χ1) is 9.15. The number of carbonyl (C=O) groups excluding carboxylic acids is 1. The minimum absolute atomic E-state index is 0.194. The van der Waals surface area contributed by atoms with Gasteiger partial charge in [0.05, 0.1) is 0 Å². The average molecular weight is 280 g/mol. The molecule has 1 aromatic carbocycles. The number of benzene rings is 1. The molecular weight excluding hydrogens is 264 g/mol. The molecule has 6 heteroatoms. The van der Waals surface area contributed by atoms with Gasteiger partial charge in [-0.3, -0.25) is 9.69 Å². The maximum Gasteiger partial charge on any atom is 0.321 e. The summed E-state index contributed by atoms with van der Waals surface area (Å²) in [6.45, 7) is 0.774. The van der Waals surface area contributed by atoms with E-state index in [0.717, 1.165) is 5.75 Å². The van der Waals surface area contributed by atoms with Crippen molar-refractivity contribution in [1.29, 1.82) is 0 Å². The second kappa shape index (κ2) is 5.97. The predicted molar refractivity (Wildman–Crippen MR) is 75.9 cm³/mol. The number of aliphatic carboxylic acids is 1. The number of nitrogens with zero attached hydrogens (tertiary/aromatic N) is 1. The Bertz CT molecular complexity index is 493. The van der Waals surface area contributed by atoms with E-state index in [0.29, 0.717) is 17.8 Å². The maximum atomic E-state index is 12.1. The number of anilines is 1. The van der Waals surface area contributed by atoms with E-state index in [1.165, 1.54) is 4.90 Å². The fraction of sp³-hybridized carbons (Fsp3) is 0.385. The molecule has 0 saturated carbocycles. The number of hydrogen-bond acceptors (Lipinski definition) is 3. The highest BCUT2D eigenvalue weighted by Gasteiger charge is 2.36. The molecule has 0 aromatic heterocycles. The number of para-hydroxylation sites is 1. The van der Waals surface area contributed by atoms with E-state index < -0.39 is 11.9 Å². The van der Waals surface area contributed by atoms with Gasteiger partial charge >= 0.3 is 12.0 Å². The molecule has 1 aromatic rings. The minimum atomic E-state index is -0.896. The second-order valence-electron chi connectivity index (χ2n) is 4.28. The van der Waals surface area contributed by atoms with Gasteiger partial charge in [-0.2, -0.15) is 11.8 Å².